The second-order valence-corrected chi connectivity index (χ2v) is 4.16. The normalized spacial score (nSPS) is 14.9. The Balaban J connectivity index is 2.30. The largest absolute Gasteiger partial charge is 0.480 e. The monoisotopic (exact) mass is 221 g/mol. The van der Waals surface area contributed by atoms with E-state index >= 15 is 0 Å². The lowest BCUT2D eigenvalue weighted by atomic mass is 10.2. The van der Waals surface area contributed by atoms with Crippen LogP contribution in [0, 0.1) is 13.8 Å². The Bertz CT molecular complexity index is 416. The SMILES string of the molecule is Cc1ncnc(N(CC(=O)O)C2CC2)c1C. The van der Waals surface area contributed by atoms with Crippen LogP contribution in [0.2, 0.25) is 0 Å². The number of carbonyl (C=O) groups is 1. The molecule has 5 heteroatoms. The number of anilines is 1. The summed E-state index contributed by atoms with van der Waals surface area (Å²) < 4.78 is 0. The van der Waals surface area contributed by atoms with Gasteiger partial charge in [-0.1, -0.05) is 0 Å². The minimum Gasteiger partial charge on any atom is -0.480 e. The van der Waals surface area contributed by atoms with Crippen LogP contribution >= 0.6 is 0 Å². The molecule has 5 nitrogen and oxygen atoms in total. The molecule has 0 spiro atoms. The molecule has 0 amide bonds. The maximum atomic E-state index is 10.8. The van der Waals surface area contributed by atoms with E-state index < -0.39 is 5.97 Å². The van der Waals surface area contributed by atoms with Crippen molar-refractivity contribution >= 4 is 11.8 Å². The Morgan fingerprint density at radius 2 is 2.19 bits per heavy atom. The summed E-state index contributed by atoms with van der Waals surface area (Å²) in [4.78, 5) is 21.0. The predicted octanol–water partition coefficient (Wildman–Crippen LogP) is 1.15. The molecule has 0 saturated heterocycles. The van der Waals surface area contributed by atoms with Crippen molar-refractivity contribution < 1.29 is 9.90 Å². The van der Waals surface area contributed by atoms with Crippen LogP contribution in [0.25, 0.3) is 0 Å². The standard InChI is InChI=1S/C11H15N3O2/c1-7-8(2)12-6-13-11(7)14(5-10(15)16)9-3-4-9/h6,9H,3-5H2,1-2H3,(H,15,16). The summed E-state index contributed by atoms with van der Waals surface area (Å²) in [6.45, 7) is 3.86. The first kappa shape index (κ1) is 10.9. The zero-order valence-electron chi connectivity index (χ0n) is 9.47. The van der Waals surface area contributed by atoms with Gasteiger partial charge in [-0.2, -0.15) is 0 Å². The van der Waals surface area contributed by atoms with E-state index in [1.54, 1.807) is 0 Å². The summed E-state index contributed by atoms with van der Waals surface area (Å²) in [5, 5.41) is 8.90. The Hall–Kier alpha value is -1.65. The van der Waals surface area contributed by atoms with Gasteiger partial charge in [0.05, 0.1) is 0 Å². The van der Waals surface area contributed by atoms with Gasteiger partial charge in [0.25, 0.3) is 0 Å². The molecule has 1 aliphatic carbocycles. The summed E-state index contributed by atoms with van der Waals surface area (Å²) in [6, 6.07) is 0.337. The Labute approximate surface area is 94.1 Å². The minimum atomic E-state index is -0.817. The third-order valence-electron chi connectivity index (χ3n) is 2.87. The van der Waals surface area contributed by atoms with Gasteiger partial charge in [0, 0.05) is 17.3 Å². The van der Waals surface area contributed by atoms with Crippen molar-refractivity contribution in [1.82, 2.24) is 9.97 Å². The smallest absolute Gasteiger partial charge is 0.323 e. The van der Waals surface area contributed by atoms with Gasteiger partial charge in [-0.05, 0) is 26.7 Å². The molecular formula is C11H15N3O2. The fourth-order valence-corrected chi connectivity index (χ4v) is 1.72. The lowest BCUT2D eigenvalue weighted by Crippen LogP contribution is -2.33. The Morgan fingerprint density at radius 3 is 2.75 bits per heavy atom. The molecule has 16 heavy (non-hydrogen) atoms. The van der Waals surface area contributed by atoms with Crippen LogP contribution in [0.15, 0.2) is 6.33 Å². The van der Waals surface area contributed by atoms with E-state index in [0.717, 1.165) is 29.9 Å². The van der Waals surface area contributed by atoms with E-state index in [1.807, 2.05) is 18.7 Å². The van der Waals surface area contributed by atoms with Crippen LogP contribution in [-0.2, 0) is 4.79 Å². The molecule has 2 rings (SSSR count). The number of carboxylic acid groups (broad SMARTS) is 1. The number of rotatable bonds is 4. The van der Waals surface area contributed by atoms with E-state index in [9.17, 15) is 4.79 Å². The first-order chi connectivity index (χ1) is 7.59. The van der Waals surface area contributed by atoms with Crippen LogP contribution in [0.3, 0.4) is 0 Å². The second kappa shape index (κ2) is 4.08. The van der Waals surface area contributed by atoms with Crippen LogP contribution in [0.1, 0.15) is 24.1 Å². The highest BCUT2D eigenvalue weighted by Gasteiger charge is 2.32. The average molecular weight is 221 g/mol. The van der Waals surface area contributed by atoms with Crippen molar-refractivity contribution in [1.29, 1.82) is 0 Å². The zero-order valence-corrected chi connectivity index (χ0v) is 9.47. The maximum absolute atomic E-state index is 10.8. The highest BCUT2D eigenvalue weighted by Crippen LogP contribution is 2.32. The lowest BCUT2D eigenvalue weighted by Gasteiger charge is -2.23. The number of nitrogens with zero attached hydrogens (tertiary/aromatic N) is 3. The average Bonchev–Trinajstić information content (AvgIpc) is 3.02. The molecule has 1 aliphatic rings. The van der Waals surface area contributed by atoms with Crippen LogP contribution in [0.5, 0.6) is 0 Å². The van der Waals surface area contributed by atoms with Crippen molar-refractivity contribution in [3.8, 4) is 0 Å². The molecule has 1 fully saturated rings. The highest BCUT2D eigenvalue weighted by molar-refractivity contribution is 5.74. The highest BCUT2D eigenvalue weighted by atomic mass is 16.4. The molecule has 0 atom stereocenters. The predicted molar refractivity (Wildman–Crippen MR) is 59.5 cm³/mol. The number of aryl methyl sites for hydroxylation is 1. The van der Waals surface area contributed by atoms with Crippen molar-refractivity contribution in [3.63, 3.8) is 0 Å². The Kier molecular flexibility index (Phi) is 2.77. The van der Waals surface area contributed by atoms with Crippen molar-refractivity contribution in [2.24, 2.45) is 0 Å². The quantitative estimate of drug-likeness (QED) is 0.826. The molecule has 0 unspecified atom stereocenters. The molecule has 1 N–H and O–H groups in total. The van der Waals surface area contributed by atoms with Gasteiger partial charge in [-0.15, -0.1) is 0 Å². The number of hydrogen-bond acceptors (Lipinski definition) is 4. The fraction of sp³-hybridized carbons (Fsp3) is 0.545. The van der Waals surface area contributed by atoms with Gasteiger partial charge in [0.2, 0.25) is 0 Å². The van der Waals surface area contributed by atoms with Gasteiger partial charge in [-0.3, -0.25) is 4.79 Å². The minimum absolute atomic E-state index is 0.0158. The molecule has 0 bridgehead atoms. The summed E-state index contributed by atoms with van der Waals surface area (Å²) in [7, 11) is 0. The topological polar surface area (TPSA) is 66.3 Å². The van der Waals surface area contributed by atoms with Gasteiger partial charge >= 0.3 is 5.97 Å². The van der Waals surface area contributed by atoms with Gasteiger partial charge in [0.1, 0.15) is 18.7 Å². The van der Waals surface area contributed by atoms with E-state index in [1.165, 1.54) is 6.33 Å². The number of aromatic nitrogens is 2. The molecule has 0 aromatic carbocycles. The summed E-state index contributed by atoms with van der Waals surface area (Å²) in [5.41, 5.74) is 1.87. The molecule has 86 valence electrons. The summed E-state index contributed by atoms with van der Waals surface area (Å²) >= 11 is 0. The van der Waals surface area contributed by atoms with Gasteiger partial charge < -0.3 is 10.0 Å². The van der Waals surface area contributed by atoms with E-state index in [-0.39, 0.29) is 6.54 Å². The molecule has 0 aliphatic heterocycles. The van der Waals surface area contributed by atoms with E-state index in [0.29, 0.717) is 6.04 Å². The van der Waals surface area contributed by atoms with Crippen molar-refractivity contribution in [2.45, 2.75) is 32.7 Å². The molecular weight excluding hydrogens is 206 g/mol. The molecule has 1 aromatic rings. The number of aliphatic carboxylic acids is 1. The lowest BCUT2D eigenvalue weighted by molar-refractivity contribution is -0.135. The third kappa shape index (κ3) is 2.13. The van der Waals surface area contributed by atoms with Crippen LogP contribution in [-0.4, -0.2) is 33.6 Å². The van der Waals surface area contributed by atoms with Crippen LogP contribution < -0.4 is 4.90 Å². The van der Waals surface area contributed by atoms with Gasteiger partial charge in [-0.25, -0.2) is 9.97 Å². The molecule has 0 radical (unpaired) electrons. The first-order valence-electron chi connectivity index (χ1n) is 5.36. The first-order valence-corrected chi connectivity index (χ1v) is 5.36. The maximum Gasteiger partial charge on any atom is 0.323 e. The van der Waals surface area contributed by atoms with E-state index in [4.69, 9.17) is 5.11 Å². The van der Waals surface area contributed by atoms with Crippen molar-refractivity contribution in [2.75, 3.05) is 11.4 Å². The molecule has 1 heterocycles. The van der Waals surface area contributed by atoms with E-state index in [2.05, 4.69) is 9.97 Å². The zero-order chi connectivity index (χ0) is 11.7. The van der Waals surface area contributed by atoms with Crippen LogP contribution in [0.4, 0.5) is 5.82 Å². The molecule has 1 saturated carbocycles. The second-order valence-electron chi connectivity index (χ2n) is 4.16. The van der Waals surface area contributed by atoms with Crippen molar-refractivity contribution in [3.05, 3.63) is 17.6 Å². The number of hydrogen-bond donors (Lipinski definition) is 1. The van der Waals surface area contributed by atoms with Gasteiger partial charge in [0.15, 0.2) is 0 Å². The summed E-state index contributed by atoms with van der Waals surface area (Å²) in [6.07, 6.45) is 3.60. The summed E-state index contributed by atoms with van der Waals surface area (Å²) in [5.74, 6) is -0.0556. The molecule has 1 aromatic heterocycles. The third-order valence-corrected chi connectivity index (χ3v) is 2.87. The Morgan fingerprint density at radius 1 is 1.50 bits per heavy atom. The fourth-order valence-electron chi connectivity index (χ4n) is 1.72. The number of carboxylic acids is 1.